The van der Waals surface area contributed by atoms with Crippen LogP contribution in [-0.4, -0.2) is 41.2 Å². The van der Waals surface area contributed by atoms with Gasteiger partial charge in [0.15, 0.2) is 5.12 Å². The van der Waals surface area contributed by atoms with Crippen molar-refractivity contribution in [1.82, 2.24) is 5.32 Å². The van der Waals surface area contributed by atoms with Crippen molar-refractivity contribution >= 4 is 28.9 Å². The van der Waals surface area contributed by atoms with Crippen molar-refractivity contribution in [3.05, 3.63) is 59.7 Å². The van der Waals surface area contributed by atoms with Crippen LogP contribution in [0.5, 0.6) is 0 Å². The molecule has 0 fully saturated rings. The standard InChI is InChI=1S/C25H29NO5S/c1-5-32-22(27)14-21(23(28)31-25(2,3)4)26-24(29)30-15-20-18-12-8-6-10-16(18)17-11-7-9-13-19(17)20/h6-13,20-21H,5,14-15H2,1-4H3,(H,26,29). The lowest BCUT2D eigenvalue weighted by Gasteiger charge is -2.24. The number of rotatable bonds is 7. The largest absolute Gasteiger partial charge is 0.458 e. The number of amides is 1. The van der Waals surface area contributed by atoms with Gasteiger partial charge in [0.1, 0.15) is 18.2 Å². The van der Waals surface area contributed by atoms with Gasteiger partial charge < -0.3 is 14.8 Å². The number of esters is 1. The molecule has 0 aliphatic heterocycles. The van der Waals surface area contributed by atoms with Crippen LogP contribution in [0.4, 0.5) is 4.79 Å². The molecule has 0 aromatic heterocycles. The first-order chi connectivity index (χ1) is 15.2. The maximum atomic E-state index is 12.6. The third-order valence-corrected chi connectivity index (χ3v) is 5.78. The van der Waals surface area contributed by atoms with Crippen LogP contribution in [0, 0.1) is 0 Å². The van der Waals surface area contributed by atoms with Gasteiger partial charge in [-0.15, -0.1) is 0 Å². The summed E-state index contributed by atoms with van der Waals surface area (Å²) in [5.74, 6) is -0.161. The summed E-state index contributed by atoms with van der Waals surface area (Å²) in [5, 5.41) is 2.34. The number of thioether (sulfide) groups is 1. The first-order valence-corrected chi connectivity index (χ1v) is 11.7. The highest BCUT2D eigenvalue weighted by molar-refractivity contribution is 8.13. The lowest BCUT2D eigenvalue weighted by molar-refractivity contribution is -0.158. The van der Waals surface area contributed by atoms with Gasteiger partial charge in [0.2, 0.25) is 0 Å². The highest BCUT2D eigenvalue weighted by Crippen LogP contribution is 2.44. The molecule has 6 nitrogen and oxygen atoms in total. The SMILES string of the molecule is CCSC(=O)CC(NC(=O)OCC1c2ccccc2-c2ccccc21)C(=O)OC(C)(C)C. The van der Waals surface area contributed by atoms with Gasteiger partial charge in [-0.2, -0.15) is 0 Å². The Kier molecular flexibility index (Phi) is 7.61. The Morgan fingerprint density at radius 1 is 1.00 bits per heavy atom. The van der Waals surface area contributed by atoms with Crippen LogP contribution in [0.3, 0.4) is 0 Å². The van der Waals surface area contributed by atoms with E-state index in [0.717, 1.165) is 34.0 Å². The fourth-order valence-electron chi connectivity index (χ4n) is 3.74. The van der Waals surface area contributed by atoms with E-state index >= 15 is 0 Å². The molecule has 2 aromatic rings. The van der Waals surface area contributed by atoms with Crippen LogP contribution in [-0.2, 0) is 19.1 Å². The molecule has 0 saturated heterocycles. The number of hydrogen-bond donors (Lipinski definition) is 1. The Morgan fingerprint density at radius 2 is 1.56 bits per heavy atom. The van der Waals surface area contributed by atoms with Gasteiger partial charge >= 0.3 is 12.1 Å². The van der Waals surface area contributed by atoms with Crippen LogP contribution < -0.4 is 5.32 Å². The molecule has 7 heteroatoms. The topological polar surface area (TPSA) is 81.7 Å². The second-order valence-corrected chi connectivity index (χ2v) is 9.89. The number of hydrogen-bond acceptors (Lipinski definition) is 6. The predicted octanol–water partition coefficient (Wildman–Crippen LogP) is 4.91. The van der Waals surface area contributed by atoms with Gasteiger partial charge in [0.05, 0.1) is 0 Å². The fourth-order valence-corrected chi connectivity index (χ4v) is 4.34. The molecule has 1 unspecified atom stereocenters. The summed E-state index contributed by atoms with van der Waals surface area (Å²) in [6.07, 6.45) is -0.908. The van der Waals surface area contributed by atoms with Crippen molar-refractivity contribution < 1.29 is 23.9 Å². The Bertz CT molecular complexity index is 952. The molecular formula is C25H29NO5S. The molecule has 1 aliphatic carbocycles. The Hall–Kier alpha value is -2.80. The van der Waals surface area contributed by atoms with E-state index in [9.17, 15) is 14.4 Å². The molecular weight excluding hydrogens is 426 g/mol. The number of benzene rings is 2. The summed E-state index contributed by atoms with van der Waals surface area (Å²) in [5.41, 5.74) is 3.72. The van der Waals surface area contributed by atoms with E-state index in [-0.39, 0.29) is 24.1 Å². The zero-order valence-electron chi connectivity index (χ0n) is 18.8. The third kappa shape index (κ3) is 5.91. The number of carbonyl (C=O) groups excluding carboxylic acids is 3. The minimum atomic E-state index is -1.10. The zero-order valence-corrected chi connectivity index (χ0v) is 19.7. The monoisotopic (exact) mass is 455 g/mol. The van der Waals surface area contributed by atoms with E-state index in [1.54, 1.807) is 20.8 Å². The number of nitrogens with one attached hydrogen (secondary N) is 1. The maximum Gasteiger partial charge on any atom is 0.407 e. The highest BCUT2D eigenvalue weighted by Gasteiger charge is 2.31. The van der Waals surface area contributed by atoms with Crippen molar-refractivity contribution in [2.75, 3.05) is 12.4 Å². The number of fused-ring (bicyclic) bond motifs is 3. The highest BCUT2D eigenvalue weighted by atomic mass is 32.2. The van der Waals surface area contributed by atoms with Gasteiger partial charge in [0, 0.05) is 12.3 Å². The Morgan fingerprint density at radius 3 is 2.09 bits per heavy atom. The second kappa shape index (κ2) is 10.2. The van der Waals surface area contributed by atoms with Crippen LogP contribution in [0.2, 0.25) is 0 Å². The Balaban J connectivity index is 1.68. The summed E-state index contributed by atoms with van der Waals surface area (Å²) in [7, 11) is 0. The number of ether oxygens (including phenoxy) is 2. The van der Waals surface area contributed by atoms with E-state index in [0.29, 0.717) is 5.75 Å². The molecule has 32 heavy (non-hydrogen) atoms. The van der Waals surface area contributed by atoms with E-state index < -0.39 is 23.7 Å². The summed E-state index contributed by atoms with van der Waals surface area (Å²) in [6, 6.07) is 15.0. The van der Waals surface area contributed by atoms with E-state index in [4.69, 9.17) is 9.47 Å². The normalized spacial score (nSPS) is 13.6. The summed E-state index contributed by atoms with van der Waals surface area (Å²) in [6.45, 7) is 7.18. The van der Waals surface area contributed by atoms with Crippen molar-refractivity contribution in [2.45, 2.75) is 51.7 Å². The minimum Gasteiger partial charge on any atom is -0.458 e. The maximum absolute atomic E-state index is 12.6. The predicted molar refractivity (Wildman–Crippen MR) is 126 cm³/mol. The van der Waals surface area contributed by atoms with Crippen molar-refractivity contribution in [3.63, 3.8) is 0 Å². The van der Waals surface area contributed by atoms with Crippen LogP contribution in [0.15, 0.2) is 48.5 Å². The molecule has 0 spiro atoms. The molecule has 2 aromatic carbocycles. The van der Waals surface area contributed by atoms with Crippen molar-refractivity contribution in [3.8, 4) is 11.1 Å². The van der Waals surface area contributed by atoms with Crippen LogP contribution >= 0.6 is 11.8 Å². The summed E-state index contributed by atoms with van der Waals surface area (Å²) in [4.78, 5) is 37.3. The molecule has 1 N–H and O–H groups in total. The number of carbonyl (C=O) groups is 3. The lowest BCUT2D eigenvalue weighted by Crippen LogP contribution is -2.45. The fraction of sp³-hybridized carbons (Fsp3) is 0.400. The van der Waals surface area contributed by atoms with Crippen molar-refractivity contribution in [2.24, 2.45) is 0 Å². The van der Waals surface area contributed by atoms with Gasteiger partial charge in [-0.25, -0.2) is 9.59 Å². The third-order valence-electron chi connectivity index (χ3n) is 5.00. The van der Waals surface area contributed by atoms with Crippen molar-refractivity contribution in [1.29, 1.82) is 0 Å². The molecule has 3 rings (SSSR count). The van der Waals surface area contributed by atoms with E-state index in [1.165, 1.54) is 0 Å². The van der Waals surface area contributed by atoms with Gasteiger partial charge in [-0.1, -0.05) is 67.2 Å². The molecule has 0 radical (unpaired) electrons. The van der Waals surface area contributed by atoms with E-state index in [1.807, 2.05) is 43.3 Å². The zero-order chi connectivity index (χ0) is 23.3. The van der Waals surface area contributed by atoms with Crippen LogP contribution in [0.25, 0.3) is 11.1 Å². The molecule has 0 heterocycles. The minimum absolute atomic E-state index is 0.0922. The molecule has 1 aliphatic rings. The molecule has 0 saturated carbocycles. The summed E-state index contributed by atoms with van der Waals surface area (Å²) >= 11 is 1.10. The molecule has 170 valence electrons. The first kappa shape index (κ1) is 23.9. The number of alkyl carbamates (subject to hydrolysis) is 1. The second-order valence-electron chi connectivity index (χ2n) is 8.57. The average Bonchev–Trinajstić information content (AvgIpc) is 3.04. The van der Waals surface area contributed by atoms with E-state index in [2.05, 4.69) is 17.4 Å². The average molecular weight is 456 g/mol. The molecule has 1 amide bonds. The van der Waals surface area contributed by atoms with Crippen LogP contribution in [0.1, 0.15) is 51.2 Å². The molecule has 1 atom stereocenters. The van der Waals surface area contributed by atoms with Gasteiger partial charge in [-0.3, -0.25) is 4.79 Å². The lowest BCUT2D eigenvalue weighted by atomic mass is 9.98. The Labute approximate surface area is 193 Å². The molecule has 0 bridgehead atoms. The smallest absolute Gasteiger partial charge is 0.407 e. The first-order valence-electron chi connectivity index (χ1n) is 10.7. The van der Waals surface area contributed by atoms with Gasteiger partial charge in [-0.05, 0) is 48.8 Å². The summed E-state index contributed by atoms with van der Waals surface area (Å²) < 4.78 is 10.9. The van der Waals surface area contributed by atoms with Gasteiger partial charge in [0.25, 0.3) is 0 Å². The quantitative estimate of drug-likeness (QED) is 0.598.